The summed E-state index contributed by atoms with van der Waals surface area (Å²) in [5.74, 6) is -2.96. The van der Waals surface area contributed by atoms with Crippen LogP contribution in [0.5, 0.6) is 0 Å². The molecule has 0 saturated heterocycles. The first-order chi connectivity index (χ1) is 16.3. The van der Waals surface area contributed by atoms with Gasteiger partial charge in [-0.3, -0.25) is 20.1 Å². The number of aromatic nitrogens is 4. The van der Waals surface area contributed by atoms with Gasteiger partial charge < -0.3 is 10.2 Å². The first kappa shape index (κ1) is 22.0. The van der Waals surface area contributed by atoms with Gasteiger partial charge in [-0.2, -0.15) is 5.10 Å². The third-order valence-electron chi connectivity index (χ3n) is 6.04. The van der Waals surface area contributed by atoms with Crippen LogP contribution in [0, 0.1) is 6.92 Å². The summed E-state index contributed by atoms with van der Waals surface area (Å²) in [7, 11) is 0. The molecule has 3 aromatic rings. The topological polar surface area (TPSA) is 119 Å². The SMILES string of the molecule is CCN1CCCN(C(=O)Nc2n[nH]c3nc(C)ccc23)c2nc(C(=O)N[C@@H]3CC3(F)F)ccc21. The number of anilines is 3. The van der Waals surface area contributed by atoms with Crippen molar-refractivity contribution < 1.29 is 18.4 Å². The van der Waals surface area contributed by atoms with Gasteiger partial charge in [-0.25, -0.2) is 23.5 Å². The number of nitrogens with zero attached hydrogens (tertiary/aromatic N) is 5. The van der Waals surface area contributed by atoms with Gasteiger partial charge in [-0.05, 0) is 44.5 Å². The van der Waals surface area contributed by atoms with Crippen molar-refractivity contribution >= 4 is 40.3 Å². The Hall–Kier alpha value is -3.83. The van der Waals surface area contributed by atoms with Gasteiger partial charge in [-0.1, -0.05) is 0 Å². The van der Waals surface area contributed by atoms with Crippen LogP contribution in [0.2, 0.25) is 0 Å². The summed E-state index contributed by atoms with van der Waals surface area (Å²) in [6, 6.07) is 5.19. The van der Waals surface area contributed by atoms with E-state index in [1.165, 1.54) is 11.0 Å². The fraction of sp³-hybridized carbons (Fsp3) is 0.409. The van der Waals surface area contributed by atoms with E-state index < -0.39 is 23.9 Å². The van der Waals surface area contributed by atoms with Crippen LogP contribution in [0.4, 0.5) is 30.9 Å². The Bertz CT molecular complexity index is 1280. The predicted octanol–water partition coefficient (Wildman–Crippen LogP) is 3.07. The Morgan fingerprint density at radius 1 is 1.21 bits per heavy atom. The first-order valence-electron chi connectivity index (χ1n) is 11.1. The van der Waals surface area contributed by atoms with Crippen molar-refractivity contribution in [2.24, 2.45) is 0 Å². The van der Waals surface area contributed by atoms with Crippen molar-refractivity contribution in [1.82, 2.24) is 25.5 Å². The van der Waals surface area contributed by atoms with Crippen molar-refractivity contribution in [3.63, 3.8) is 0 Å². The van der Waals surface area contributed by atoms with Gasteiger partial charge in [0.1, 0.15) is 5.69 Å². The van der Waals surface area contributed by atoms with Gasteiger partial charge in [0.2, 0.25) is 0 Å². The Labute approximate surface area is 193 Å². The molecule has 3 N–H and O–H groups in total. The van der Waals surface area contributed by atoms with Crippen molar-refractivity contribution in [2.75, 3.05) is 34.8 Å². The number of carbonyl (C=O) groups is 2. The Kier molecular flexibility index (Phi) is 5.29. The van der Waals surface area contributed by atoms with Crippen molar-refractivity contribution in [3.8, 4) is 0 Å². The third-order valence-corrected chi connectivity index (χ3v) is 6.04. The molecule has 12 heteroatoms. The van der Waals surface area contributed by atoms with Crippen LogP contribution in [0.1, 0.15) is 35.9 Å². The van der Waals surface area contributed by atoms with E-state index in [-0.39, 0.29) is 12.1 Å². The summed E-state index contributed by atoms with van der Waals surface area (Å²) in [5.41, 5.74) is 2.03. The van der Waals surface area contributed by atoms with Gasteiger partial charge in [0.25, 0.3) is 11.8 Å². The minimum Gasteiger partial charge on any atom is -0.369 e. The molecule has 0 radical (unpaired) electrons. The van der Waals surface area contributed by atoms with Crippen LogP contribution in [-0.2, 0) is 0 Å². The molecule has 1 saturated carbocycles. The first-order valence-corrected chi connectivity index (χ1v) is 11.1. The standard InChI is InChI=1S/C22H24F2N8O2/c1-3-31-9-4-10-32(21(34)28-18-13-6-5-12(2)25-17(13)29-30-18)19-15(31)8-7-14(26-19)20(33)27-16-11-22(16,23)24/h5-8,16H,3-4,9-11H2,1-2H3,(H,27,33)(H2,25,28,29,30,34)/t16-/m1/s1. The lowest BCUT2D eigenvalue weighted by Crippen LogP contribution is -2.37. The van der Waals surface area contributed by atoms with Crippen molar-refractivity contribution in [2.45, 2.75) is 38.7 Å². The van der Waals surface area contributed by atoms with Crippen molar-refractivity contribution in [1.29, 1.82) is 0 Å². The summed E-state index contributed by atoms with van der Waals surface area (Å²) in [4.78, 5) is 38.2. The second kappa shape index (κ2) is 8.19. The average Bonchev–Trinajstić information content (AvgIpc) is 3.30. The number of nitrogens with one attached hydrogen (secondary N) is 3. The van der Waals surface area contributed by atoms with Gasteiger partial charge in [0, 0.05) is 31.7 Å². The maximum absolute atomic E-state index is 13.3. The zero-order chi connectivity index (χ0) is 24.0. The minimum atomic E-state index is -2.88. The minimum absolute atomic E-state index is 0.0258. The molecule has 3 amide bonds. The number of carbonyl (C=O) groups excluding carboxylic acids is 2. The number of H-pyrrole nitrogens is 1. The smallest absolute Gasteiger partial charge is 0.328 e. The normalized spacial score (nSPS) is 18.9. The van der Waals surface area contributed by atoms with E-state index in [1.807, 2.05) is 26.0 Å². The number of hydrogen-bond donors (Lipinski definition) is 3. The van der Waals surface area contributed by atoms with E-state index >= 15 is 0 Å². The second-order valence-corrected chi connectivity index (χ2v) is 8.47. The molecule has 0 bridgehead atoms. The number of alkyl halides is 2. The van der Waals surface area contributed by atoms with Gasteiger partial charge in [0.15, 0.2) is 17.3 Å². The van der Waals surface area contributed by atoms with E-state index in [1.54, 1.807) is 6.07 Å². The van der Waals surface area contributed by atoms with E-state index in [0.29, 0.717) is 54.4 Å². The molecule has 3 aromatic heterocycles. The number of rotatable bonds is 4. The van der Waals surface area contributed by atoms with E-state index in [9.17, 15) is 18.4 Å². The fourth-order valence-corrected chi connectivity index (χ4v) is 4.05. The van der Waals surface area contributed by atoms with Crippen molar-refractivity contribution in [3.05, 3.63) is 35.7 Å². The number of amides is 3. The number of pyridine rings is 2. The fourth-order valence-electron chi connectivity index (χ4n) is 4.05. The van der Waals surface area contributed by atoms with Crippen LogP contribution in [-0.4, -0.2) is 63.7 Å². The zero-order valence-corrected chi connectivity index (χ0v) is 18.7. The van der Waals surface area contributed by atoms with Crippen LogP contribution in [0.3, 0.4) is 0 Å². The van der Waals surface area contributed by atoms with E-state index in [0.717, 1.165) is 5.69 Å². The zero-order valence-electron chi connectivity index (χ0n) is 18.7. The Morgan fingerprint density at radius 2 is 2.00 bits per heavy atom. The molecule has 1 fully saturated rings. The number of fused-ring (bicyclic) bond motifs is 2. The number of aromatic amines is 1. The highest BCUT2D eigenvalue weighted by Crippen LogP contribution is 2.41. The second-order valence-electron chi connectivity index (χ2n) is 8.47. The molecule has 2 aliphatic rings. The molecular formula is C22H24F2N8O2. The van der Waals surface area contributed by atoms with Crippen LogP contribution in [0.15, 0.2) is 24.3 Å². The molecule has 0 aromatic carbocycles. The van der Waals surface area contributed by atoms with Crippen LogP contribution >= 0.6 is 0 Å². The number of halogens is 2. The number of urea groups is 1. The lowest BCUT2D eigenvalue weighted by atomic mass is 10.2. The highest BCUT2D eigenvalue weighted by molar-refractivity contribution is 6.07. The molecule has 1 aliphatic heterocycles. The predicted molar refractivity (Wildman–Crippen MR) is 123 cm³/mol. The molecule has 10 nitrogen and oxygen atoms in total. The highest BCUT2D eigenvalue weighted by Gasteiger charge is 2.58. The summed E-state index contributed by atoms with van der Waals surface area (Å²) in [5, 5.41) is 12.8. The molecule has 4 heterocycles. The Morgan fingerprint density at radius 3 is 2.74 bits per heavy atom. The maximum Gasteiger partial charge on any atom is 0.328 e. The van der Waals surface area contributed by atoms with E-state index in [2.05, 4.69) is 35.7 Å². The number of hydrogen-bond acceptors (Lipinski definition) is 6. The lowest BCUT2D eigenvalue weighted by Gasteiger charge is -2.25. The largest absolute Gasteiger partial charge is 0.369 e. The van der Waals surface area contributed by atoms with Gasteiger partial charge >= 0.3 is 6.03 Å². The summed E-state index contributed by atoms with van der Waals surface area (Å²) < 4.78 is 26.5. The molecule has 178 valence electrons. The summed E-state index contributed by atoms with van der Waals surface area (Å²) >= 11 is 0. The molecule has 1 aliphatic carbocycles. The highest BCUT2D eigenvalue weighted by atomic mass is 19.3. The van der Waals surface area contributed by atoms with Crippen LogP contribution < -0.4 is 20.4 Å². The third kappa shape index (κ3) is 3.99. The molecule has 0 unspecified atom stereocenters. The molecular weight excluding hydrogens is 446 g/mol. The summed E-state index contributed by atoms with van der Waals surface area (Å²) in [6.07, 6.45) is 0.295. The molecule has 1 atom stereocenters. The maximum atomic E-state index is 13.3. The monoisotopic (exact) mass is 470 g/mol. The average molecular weight is 470 g/mol. The Balaban J connectivity index is 1.45. The van der Waals surface area contributed by atoms with E-state index in [4.69, 9.17) is 0 Å². The quantitative estimate of drug-likeness (QED) is 0.539. The lowest BCUT2D eigenvalue weighted by molar-refractivity contribution is 0.0845. The van der Waals surface area contributed by atoms with Gasteiger partial charge in [-0.15, -0.1) is 0 Å². The molecule has 0 spiro atoms. The van der Waals surface area contributed by atoms with Crippen LogP contribution in [0.25, 0.3) is 11.0 Å². The molecule has 5 rings (SSSR count). The molecule has 34 heavy (non-hydrogen) atoms. The summed E-state index contributed by atoms with van der Waals surface area (Å²) in [6.45, 7) is 5.58. The van der Waals surface area contributed by atoms with Gasteiger partial charge in [0.05, 0.1) is 17.1 Å². The number of aryl methyl sites for hydroxylation is 1.